The number of carbonyl (C=O) groups is 4. The molecule has 202 valence electrons. The van der Waals surface area contributed by atoms with Crippen molar-refractivity contribution in [2.24, 2.45) is 5.92 Å². The number of fused-ring (bicyclic) bond motifs is 7. The number of hydrogen-bond donors (Lipinski definition) is 4. The third-order valence-corrected chi connectivity index (χ3v) is 8.54. The number of aliphatic hydroxyl groups excluding tert-OH is 1. The van der Waals surface area contributed by atoms with Crippen LogP contribution >= 0.6 is 21.6 Å². The molecular formula is C26H35N3O6S2. The molecule has 37 heavy (non-hydrogen) atoms. The molecule has 0 aliphatic carbocycles. The van der Waals surface area contributed by atoms with Gasteiger partial charge in [0.2, 0.25) is 17.7 Å². The van der Waals surface area contributed by atoms with Crippen molar-refractivity contribution in [3.63, 3.8) is 0 Å². The van der Waals surface area contributed by atoms with Crippen LogP contribution in [0, 0.1) is 5.92 Å². The monoisotopic (exact) mass is 549 g/mol. The number of amides is 3. The molecule has 2 bridgehead atoms. The van der Waals surface area contributed by atoms with E-state index in [1.54, 1.807) is 16.9 Å². The lowest BCUT2D eigenvalue weighted by atomic mass is 9.96. The molecule has 11 heteroatoms. The maximum Gasteiger partial charge on any atom is 0.309 e. The molecule has 3 amide bonds. The number of esters is 1. The van der Waals surface area contributed by atoms with Crippen molar-refractivity contribution in [3.05, 3.63) is 48.0 Å². The highest BCUT2D eigenvalue weighted by molar-refractivity contribution is 8.76. The highest BCUT2D eigenvalue weighted by atomic mass is 33.1. The lowest BCUT2D eigenvalue weighted by Gasteiger charge is -2.29. The Balaban J connectivity index is 1.98. The van der Waals surface area contributed by atoms with Gasteiger partial charge in [0, 0.05) is 17.9 Å². The first-order valence-electron chi connectivity index (χ1n) is 12.5. The van der Waals surface area contributed by atoms with E-state index in [9.17, 15) is 24.3 Å². The van der Waals surface area contributed by atoms with Gasteiger partial charge in [-0.15, -0.1) is 0 Å². The van der Waals surface area contributed by atoms with Gasteiger partial charge in [-0.3, -0.25) is 19.2 Å². The molecule has 0 radical (unpaired) electrons. The minimum atomic E-state index is -1.20. The van der Waals surface area contributed by atoms with Crippen LogP contribution in [0.1, 0.15) is 38.7 Å². The van der Waals surface area contributed by atoms with Gasteiger partial charge >= 0.3 is 5.97 Å². The van der Waals surface area contributed by atoms with Crippen molar-refractivity contribution in [2.45, 2.75) is 69.9 Å². The lowest BCUT2D eigenvalue weighted by molar-refractivity contribution is -0.151. The first kappa shape index (κ1) is 29.1. The Morgan fingerprint density at radius 3 is 2.49 bits per heavy atom. The maximum atomic E-state index is 13.4. The highest BCUT2D eigenvalue weighted by Crippen LogP contribution is 2.24. The summed E-state index contributed by atoms with van der Waals surface area (Å²) in [5.74, 6) is -1.24. The molecule has 5 atom stereocenters. The number of benzene rings is 1. The molecule has 2 aliphatic heterocycles. The molecule has 0 aromatic heterocycles. The standard InChI is InChI=1S/C26H35N3O6S2/c1-16(2)24-21(30)14-23(32)35-18-10-6-7-11-36-37-15-20(26(34)29-24)28-25(33)19(27-22(31)13-18)12-17-8-4-3-5-9-17/h3-6,8-10,16,18-21,24,30H,7,11-15H2,1-2H3,(H,27,31)(H,28,33)(H,29,34)/b10-6+/t18-,19-,20-,21+,24-/m1/s1. The average molecular weight is 550 g/mol. The fourth-order valence-electron chi connectivity index (χ4n) is 4.13. The minimum absolute atomic E-state index is 0.174. The molecule has 2 heterocycles. The van der Waals surface area contributed by atoms with Gasteiger partial charge in [-0.2, -0.15) is 0 Å². The summed E-state index contributed by atoms with van der Waals surface area (Å²) < 4.78 is 5.55. The first-order chi connectivity index (χ1) is 17.7. The average Bonchev–Trinajstić information content (AvgIpc) is 2.84. The molecule has 0 saturated carbocycles. The zero-order valence-corrected chi connectivity index (χ0v) is 22.7. The minimum Gasteiger partial charge on any atom is -0.457 e. The summed E-state index contributed by atoms with van der Waals surface area (Å²) in [5.41, 5.74) is 0.843. The van der Waals surface area contributed by atoms with E-state index in [0.717, 1.165) is 11.3 Å². The molecular weight excluding hydrogens is 514 g/mol. The molecule has 0 unspecified atom stereocenters. The van der Waals surface area contributed by atoms with Gasteiger partial charge in [-0.25, -0.2) is 0 Å². The van der Waals surface area contributed by atoms with E-state index in [1.165, 1.54) is 10.8 Å². The van der Waals surface area contributed by atoms with E-state index in [4.69, 9.17) is 4.74 Å². The largest absolute Gasteiger partial charge is 0.457 e. The van der Waals surface area contributed by atoms with Crippen LogP contribution in [0.5, 0.6) is 0 Å². The van der Waals surface area contributed by atoms with E-state index in [0.29, 0.717) is 12.2 Å². The van der Waals surface area contributed by atoms with Gasteiger partial charge in [0.1, 0.15) is 18.2 Å². The molecule has 9 nitrogen and oxygen atoms in total. The number of rotatable bonds is 3. The molecule has 1 saturated heterocycles. The Kier molecular flexibility index (Phi) is 11.3. The van der Waals surface area contributed by atoms with Crippen molar-refractivity contribution in [1.82, 2.24) is 16.0 Å². The van der Waals surface area contributed by atoms with Crippen LogP contribution in [0.3, 0.4) is 0 Å². The third kappa shape index (κ3) is 9.39. The van der Waals surface area contributed by atoms with Crippen molar-refractivity contribution >= 4 is 45.3 Å². The quantitative estimate of drug-likeness (QED) is 0.255. The lowest BCUT2D eigenvalue weighted by Crippen LogP contribution is -2.58. The van der Waals surface area contributed by atoms with Gasteiger partial charge in [0.05, 0.1) is 25.0 Å². The van der Waals surface area contributed by atoms with Crippen LogP contribution in [-0.4, -0.2) is 70.6 Å². The Labute approximate surface area is 225 Å². The van der Waals surface area contributed by atoms with E-state index < -0.39 is 54.0 Å². The highest BCUT2D eigenvalue weighted by Gasteiger charge is 2.33. The first-order valence-corrected chi connectivity index (χ1v) is 14.9. The van der Waals surface area contributed by atoms with Crippen molar-refractivity contribution in [3.8, 4) is 0 Å². The number of carbonyl (C=O) groups excluding carboxylic acids is 4. The number of aliphatic hydroxyl groups is 1. The molecule has 2 aliphatic rings. The smallest absolute Gasteiger partial charge is 0.309 e. The predicted molar refractivity (Wildman–Crippen MR) is 145 cm³/mol. The Morgan fingerprint density at radius 2 is 1.76 bits per heavy atom. The molecule has 4 N–H and O–H groups in total. The summed E-state index contributed by atoms with van der Waals surface area (Å²) >= 11 is 0. The van der Waals surface area contributed by atoms with Gasteiger partial charge in [-0.05, 0) is 24.0 Å². The normalized spacial score (nSPS) is 29.6. The molecule has 0 spiro atoms. The van der Waals surface area contributed by atoms with Gasteiger partial charge < -0.3 is 25.8 Å². The van der Waals surface area contributed by atoms with Crippen LogP contribution in [0.15, 0.2) is 42.5 Å². The molecule has 1 aromatic carbocycles. The Morgan fingerprint density at radius 1 is 1.00 bits per heavy atom. The number of ether oxygens (including phenoxy) is 1. The second-order valence-electron chi connectivity index (χ2n) is 9.48. The third-order valence-electron chi connectivity index (χ3n) is 6.09. The summed E-state index contributed by atoms with van der Waals surface area (Å²) in [6, 6.07) is 6.69. The topological polar surface area (TPSA) is 134 Å². The molecule has 1 aromatic rings. The fourth-order valence-corrected chi connectivity index (χ4v) is 6.28. The summed E-state index contributed by atoms with van der Waals surface area (Å²) in [6.45, 7) is 3.66. The SMILES string of the molecule is CC(C)[C@H]1NC(=O)[C@H]2CSSCC/C=C/[C@H](CC(=O)N[C@H](Cc3ccccc3)C(=O)N2)OC(=O)C[C@@H]1O. The van der Waals surface area contributed by atoms with Gasteiger partial charge in [0.15, 0.2) is 0 Å². The number of nitrogens with one attached hydrogen (secondary N) is 3. The summed E-state index contributed by atoms with van der Waals surface area (Å²) in [6.07, 6.45) is 1.86. The van der Waals surface area contributed by atoms with E-state index in [-0.39, 0.29) is 25.2 Å². The Hall–Kier alpha value is -2.50. The summed E-state index contributed by atoms with van der Waals surface area (Å²) in [7, 11) is 3.03. The Bertz CT molecular complexity index is 974. The van der Waals surface area contributed by atoms with Crippen LogP contribution in [0.25, 0.3) is 0 Å². The molecule has 1 fully saturated rings. The van der Waals surface area contributed by atoms with Crippen LogP contribution in [-0.2, 0) is 30.3 Å². The van der Waals surface area contributed by atoms with Crippen molar-refractivity contribution in [2.75, 3.05) is 11.5 Å². The zero-order chi connectivity index (χ0) is 26.8. The van der Waals surface area contributed by atoms with Crippen molar-refractivity contribution < 1.29 is 29.0 Å². The van der Waals surface area contributed by atoms with E-state index in [1.807, 2.05) is 50.3 Å². The zero-order valence-electron chi connectivity index (χ0n) is 21.1. The molecule has 3 rings (SSSR count). The maximum absolute atomic E-state index is 13.4. The number of allylic oxidation sites excluding steroid dienone is 1. The van der Waals surface area contributed by atoms with Crippen LogP contribution in [0.2, 0.25) is 0 Å². The summed E-state index contributed by atoms with van der Waals surface area (Å²) in [5, 5.41) is 19.2. The fraction of sp³-hybridized carbons (Fsp3) is 0.538. The summed E-state index contributed by atoms with van der Waals surface area (Å²) in [4.78, 5) is 52.4. The van der Waals surface area contributed by atoms with Crippen LogP contribution in [0.4, 0.5) is 0 Å². The van der Waals surface area contributed by atoms with Crippen molar-refractivity contribution in [1.29, 1.82) is 0 Å². The van der Waals surface area contributed by atoms with E-state index >= 15 is 0 Å². The second kappa shape index (κ2) is 14.4. The second-order valence-corrected chi connectivity index (χ2v) is 12.1. The van der Waals surface area contributed by atoms with Gasteiger partial charge in [0.25, 0.3) is 0 Å². The van der Waals surface area contributed by atoms with Crippen LogP contribution < -0.4 is 16.0 Å². The number of hydrogen-bond acceptors (Lipinski definition) is 8. The van der Waals surface area contributed by atoms with Gasteiger partial charge in [-0.1, -0.05) is 71.8 Å². The predicted octanol–water partition coefficient (Wildman–Crippen LogP) is 1.75. The van der Waals surface area contributed by atoms with E-state index in [2.05, 4.69) is 16.0 Å².